The summed E-state index contributed by atoms with van der Waals surface area (Å²) >= 11 is 0. The molecule has 3 amide bonds. The summed E-state index contributed by atoms with van der Waals surface area (Å²) in [6.45, 7) is 3.37. The second-order valence-electron chi connectivity index (χ2n) is 12.8. The highest BCUT2D eigenvalue weighted by atomic mass is 32.2. The van der Waals surface area contributed by atoms with Gasteiger partial charge in [0.15, 0.2) is 0 Å². The third-order valence-electron chi connectivity index (χ3n) is 9.30. The average Bonchev–Trinajstić information content (AvgIpc) is 3.96. The molecule has 1 N–H and O–H groups in total. The van der Waals surface area contributed by atoms with Gasteiger partial charge in [-0.2, -0.15) is 13.2 Å². The number of hydrogen-bond donors (Lipinski definition) is 1. The molecule has 6 rings (SSSR count). The van der Waals surface area contributed by atoms with Crippen molar-refractivity contribution in [3.8, 4) is 5.88 Å². The lowest BCUT2D eigenvalue weighted by molar-refractivity contribution is -0.164. The summed E-state index contributed by atoms with van der Waals surface area (Å²) in [7, 11) is -4.15. The van der Waals surface area contributed by atoms with Gasteiger partial charge in [-0.15, -0.1) is 6.58 Å². The third kappa shape index (κ3) is 7.01. The smallest absolute Gasteiger partial charge is 0.411 e. The van der Waals surface area contributed by atoms with Crippen LogP contribution in [0.4, 0.5) is 18.0 Å². The van der Waals surface area contributed by atoms with E-state index in [9.17, 15) is 36.0 Å². The Hall–Kier alpha value is -4.14. The summed E-state index contributed by atoms with van der Waals surface area (Å²) in [4.78, 5) is 47.8. The monoisotopic (exact) mass is 690 g/mol. The maximum Gasteiger partial charge on any atom is 0.411 e. The van der Waals surface area contributed by atoms with Gasteiger partial charge in [0.2, 0.25) is 21.8 Å². The quantitative estimate of drug-likeness (QED) is 0.431. The minimum atomic E-state index is -4.95. The van der Waals surface area contributed by atoms with E-state index >= 15 is 0 Å². The number of nitrogens with zero attached hydrogens (tertiary/aromatic N) is 3. The Morgan fingerprint density at radius 2 is 1.96 bits per heavy atom. The van der Waals surface area contributed by atoms with Gasteiger partial charge >= 0.3 is 12.3 Å². The van der Waals surface area contributed by atoms with Crippen LogP contribution in [0.2, 0.25) is 0 Å². The fraction of sp³-hybridized carbons (Fsp3) is 0.515. The molecule has 3 heterocycles. The van der Waals surface area contributed by atoms with E-state index in [2.05, 4.69) is 11.6 Å². The minimum Gasteiger partial charge on any atom is -0.472 e. The summed E-state index contributed by atoms with van der Waals surface area (Å²) in [6.07, 6.45) is 0.281. The molecule has 15 heteroatoms. The number of ether oxygens (including phenoxy) is 2. The van der Waals surface area contributed by atoms with Gasteiger partial charge in [0.1, 0.15) is 17.7 Å². The number of fused-ring (bicyclic) bond motifs is 3. The first kappa shape index (κ1) is 33.7. The first-order valence-electron chi connectivity index (χ1n) is 16.0. The maximum atomic E-state index is 14.3. The predicted octanol–water partition coefficient (Wildman–Crippen LogP) is 4.72. The van der Waals surface area contributed by atoms with Gasteiger partial charge in [-0.05, 0) is 61.6 Å². The van der Waals surface area contributed by atoms with Gasteiger partial charge in [-0.3, -0.25) is 19.2 Å². The summed E-state index contributed by atoms with van der Waals surface area (Å²) in [5.74, 6) is -2.86. The summed E-state index contributed by atoms with van der Waals surface area (Å²) < 4.78 is 82.0. The van der Waals surface area contributed by atoms with Crippen molar-refractivity contribution in [1.29, 1.82) is 0 Å². The Balaban J connectivity index is 1.37. The van der Waals surface area contributed by atoms with Crippen molar-refractivity contribution in [1.82, 2.24) is 19.5 Å². The van der Waals surface area contributed by atoms with E-state index in [4.69, 9.17) is 9.47 Å². The number of alkyl halides is 3. The lowest BCUT2D eigenvalue weighted by Crippen LogP contribution is -2.62. The number of carbonyl (C=O) groups is 3. The van der Waals surface area contributed by atoms with E-state index in [1.54, 1.807) is 6.20 Å². The molecule has 4 atom stereocenters. The number of rotatable bonds is 6. The fourth-order valence-electron chi connectivity index (χ4n) is 6.52. The number of pyridine rings is 1. The van der Waals surface area contributed by atoms with E-state index in [-0.39, 0.29) is 32.5 Å². The zero-order valence-corrected chi connectivity index (χ0v) is 27.0. The van der Waals surface area contributed by atoms with Crippen molar-refractivity contribution in [2.45, 2.75) is 80.5 Å². The molecule has 11 nitrogen and oxygen atoms in total. The number of cyclic esters (lactones) is 1. The number of nitrogens with one attached hydrogen (secondary N) is 1. The van der Waals surface area contributed by atoms with E-state index in [0.717, 1.165) is 16.3 Å². The molecule has 2 aromatic rings. The largest absolute Gasteiger partial charge is 0.472 e. The molecular formula is C33H37F3N4O7S. The molecule has 2 aliphatic heterocycles. The van der Waals surface area contributed by atoms with E-state index in [1.165, 1.54) is 11.0 Å². The molecule has 1 saturated heterocycles. The number of carbonyl (C=O) groups excluding carboxylic acids is 3. The van der Waals surface area contributed by atoms with Crippen LogP contribution in [0.1, 0.15) is 56.9 Å². The molecule has 1 aromatic carbocycles. The molecule has 258 valence electrons. The van der Waals surface area contributed by atoms with Gasteiger partial charge in [-0.1, -0.05) is 30.4 Å². The standard InChI is InChI=1S/C33H37F3N4O7S/c1-2-23-18-32(23,30(42)38-48(44,45)25-10-11-25)40-27(19-33(34,35)36)29(41)39-15-13-24(20-39)47-28-26-17-21(8-9-22(26)12-14-37-28)7-5-3-4-6-16-46-31(40)43/h2,5,7-9,12,14,17,23-25,27H,1,3-4,6,10-11,13,15-16,18-20H2,(H,38,42)/t23-,24?,27?,32-/m1/s1. The molecule has 2 aliphatic carbocycles. The van der Waals surface area contributed by atoms with Crippen LogP contribution in [0.3, 0.4) is 0 Å². The van der Waals surface area contributed by atoms with Crippen LogP contribution < -0.4 is 9.46 Å². The highest BCUT2D eigenvalue weighted by molar-refractivity contribution is 7.91. The number of hydrogen-bond acceptors (Lipinski definition) is 8. The second kappa shape index (κ2) is 13.1. The predicted molar refractivity (Wildman–Crippen MR) is 169 cm³/mol. The van der Waals surface area contributed by atoms with Gasteiger partial charge in [0, 0.05) is 30.5 Å². The molecule has 1 aromatic heterocycles. The van der Waals surface area contributed by atoms with Crippen molar-refractivity contribution in [2.24, 2.45) is 5.92 Å². The number of amides is 3. The SMILES string of the molecule is C=C[C@@H]1C[C@@]1(C(=O)NS(=O)(=O)C1CC1)N1C(=O)OCCCCC=Cc2ccc3ccnc(c3c2)OC2CCN(C2)C(=O)C1CC(F)(F)F. The fourth-order valence-corrected chi connectivity index (χ4v) is 7.88. The van der Waals surface area contributed by atoms with Crippen LogP contribution in [-0.4, -0.2) is 89.9 Å². The maximum absolute atomic E-state index is 14.3. The Kier molecular flexibility index (Phi) is 9.18. The zero-order chi connectivity index (χ0) is 34.3. The molecule has 48 heavy (non-hydrogen) atoms. The van der Waals surface area contributed by atoms with E-state index < -0.39 is 69.4 Å². The molecule has 2 saturated carbocycles. The highest BCUT2D eigenvalue weighted by Crippen LogP contribution is 2.52. The summed E-state index contributed by atoms with van der Waals surface area (Å²) in [6, 6.07) is 5.42. The molecule has 2 unspecified atom stereocenters. The molecule has 4 aliphatic rings. The number of aromatic nitrogens is 1. The number of sulfonamides is 1. The second-order valence-corrected chi connectivity index (χ2v) is 14.7. The Morgan fingerprint density at radius 3 is 2.67 bits per heavy atom. The van der Waals surface area contributed by atoms with Crippen LogP contribution in [0.15, 0.2) is 49.2 Å². The van der Waals surface area contributed by atoms with Crippen molar-refractivity contribution < 1.29 is 45.4 Å². The lowest BCUT2D eigenvalue weighted by Gasteiger charge is -2.38. The van der Waals surface area contributed by atoms with E-state index in [1.807, 2.05) is 41.1 Å². The Morgan fingerprint density at radius 1 is 1.17 bits per heavy atom. The molecule has 3 fully saturated rings. The number of allylic oxidation sites excluding steroid dienone is 1. The van der Waals surface area contributed by atoms with Crippen LogP contribution in [0, 0.1) is 5.92 Å². The van der Waals surface area contributed by atoms with Crippen LogP contribution in [0.5, 0.6) is 5.88 Å². The molecule has 0 spiro atoms. The molecule has 0 radical (unpaired) electrons. The molecular weight excluding hydrogens is 653 g/mol. The van der Waals surface area contributed by atoms with Gasteiger partial charge in [0.25, 0.3) is 5.91 Å². The summed E-state index contributed by atoms with van der Waals surface area (Å²) in [5.41, 5.74) is -1.22. The zero-order valence-electron chi connectivity index (χ0n) is 26.2. The first-order valence-corrected chi connectivity index (χ1v) is 17.6. The average molecular weight is 691 g/mol. The van der Waals surface area contributed by atoms with Crippen molar-refractivity contribution >= 4 is 44.8 Å². The third-order valence-corrected chi connectivity index (χ3v) is 11.1. The van der Waals surface area contributed by atoms with Gasteiger partial charge in [-0.25, -0.2) is 18.2 Å². The van der Waals surface area contributed by atoms with E-state index in [0.29, 0.717) is 42.9 Å². The van der Waals surface area contributed by atoms with Crippen LogP contribution in [-0.2, 0) is 24.3 Å². The van der Waals surface area contributed by atoms with Crippen molar-refractivity contribution in [3.63, 3.8) is 0 Å². The van der Waals surface area contributed by atoms with Crippen molar-refractivity contribution in [2.75, 3.05) is 19.7 Å². The topological polar surface area (TPSA) is 135 Å². The van der Waals surface area contributed by atoms with Crippen LogP contribution in [0.25, 0.3) is 16.8 Å². The Labute approximate surface area is 276 Å². The number of benzene rings is 1. The van der Waals surface area contributed by atoms with Gasteiger partial charge in [0.05, 0.1) is 24.8 Å². The number of halogens is 3. The highest BCUT2D eigenvalue weighted by Gasteiger charge is 2.68. The van der Waals surface area contributed by atoms with Crippen molar-refractivity contribution in [3.05, 3.63) is 54.8 Å². The van der Waals surface area contributed by atoms with Crippen LogP contribution >= 0.6 is 0 Å². The lowest BCUT2D eigenvalue weighted by atomic mass is 10.0. The first-order chi connectivity index (χ1) is 22.8. The minimum absolute atomic E-state index is 0.0135. The summed E-state index contributed by atoms with van der Waals surface area (Å²) in [5, 5.41) is 0.793. The molecule has 4 bridgehead atoms. The normalized spacial score (nSPS) is 27.1. The Bertz CT molecular complexity index is 1750. The van der Waals surface area contributed by atoms with Gasteiger partial charge < -0.3 is 14.4 Å².